The molecule has 158 valence electrons. The lowest BCUT2D eigenvalue weighted by Crippen LogP contribution is -2.17. The molecule has 0 bridgehead atoms. The molecule has 0 spiro atoms. The van der Waals surface area contributed by atoms with Crippen molar-refractivity contribution in [2.75, 3.05) is 0 Å². The molecule has 1 unspecified atom stereocenters. The maximum atomic E-state index is 10.6. The van der Waals surface area contributed by atoms with Crippen molar-refractivity contribution in [1.29, 1.82) is 0 Å². The normalized spacial score (nSPS) is 13.0. The van der Waals surface area contributed by atoms with Crippen LogP contribution in [0.15, 0.2) is 72.8 Å². The van der Waals surface area contributed by atoms with E-state index < -0.39 is 8.60 Å². The molecule has 1 atom stereocenters. The number of hydrogen-bond acceptors (Lipinski definition) is 3. The number of rotatable bonds is 5. The third kappa shape index (κ3) is 5.62. The van der Waals surface area contributed by atoms with E-state index in [0.717, 1.165) is 16.7 Å². The van der Waals surface area contributed by atoms with Crippen LogP contribution in [0.25, 0.3) is 11.1 Å². The SMILES string of the molecule is CC(C)(C)c1ccc(OP(O)Oc2cccc(-c3ccccc3)c2)c(C(C)(C)C)c1. The molecule has 0 aliphatic heterocycles. The van der Waals surface area contributed by atoms with Crippen molar-refractivity contribution >= 4 is 8.60 Å². The molecule has 0 saturated heterocycles. The molecule has 3 nitrogen and oxygen atoms in total. The third-order valence-corrected chi connectivity index (χ3v) is 5.67. The van der Waals surface area contributed by atoms with Crippen LogP contribution in [-0.2, 0) is 10.8 Å². The Bertz CT molecular complexity index is 985. The van der Waals surface area contributed by atoms with Gasteiger partial charge in [-0.05, 0) is 45.7 Å². The summed E-state index contributed by atoms with van der Waals surface area (Å²) in [6.07, 6.45) is 0. The Labute approximate surface area is 181 Å². The van der Waals surface area contributed by atoms with Gasteiger partial charge in [-0.2, -0.15) is 0 Å². The van der Waals surface area contributed by atoms with Gasteiger partial charge in [0.05, 0.1) is 0 Å². The Kier molecular flexibility index (Phi) is 6.55. The van der Waals surface area contributed by atoms with Gasteiger partial charge in [0.1, 0.15) is 11.5 Å². The largest absolute Gasteiger partial charge is 0.460 e. The topological polar surface area (TPSA) is 38.7 Å². The minimum absolute atomic E-state index is 0.0385. The van der Waals surface area contributed by atoms with Crippen LogP contribution in [0.4, 0.5) is 0 Å². The highest BCUT2D eigenvalue weighted by Gasteiger charge is 2.25. The van der Waals surface area contributed by atoms with Gasteiger partial charge in [-0.15, -0.1) is 0 Å². The van der Waals surface area contributed by atoms with E-state index >= 15 is 0 Å². The smallest absolute Gasteiger partial charge is 0.418 e. The highest BCUT2D eigenvalue weighted by molar-refractivity contribution is 7.41. The summed E-state index contributed by atoms with van der Waals surface area (Å²) in [5.74, 6) is 1.23. The second kappa shape index (κ2) is 8.79. The predicted octanol–water partition coefficient (Wildman–Crippen LogP) is 7.63. The zero-order valence-electron chi connectivity index (χ0n) is 18.6. The van der Waals surface area contributed by atoms with E-state index in [4.69, 9.17) is 9.05 Å². The van der Waals surface area contributed by atoms with E-state index in [1.54, 1.807) is 0 Å². The second-order valence-electron chi connectivity index (χ2n) is 9.53. The fourth-order valence-corrected chi connectivity index (χ4v) is 3.88. The average molecular weight is 423 g/mol. The second-order valence-corrected chi connectivity index (χ2v) is 10.4. The van der Waals surface area contributed by atoms with Crippen LogP contribution in [0.3, 0.4) is 0 Å². The molecule has 0 aliphatic rings. The van der Waals surface area contributed by atoms with Crippen molar-refractivity contribution in [3.05, 3.63) is 83.9 Å². The predicted molar refractivity (Wildman–Crippen MR) is 126 cm³/mol. The highest BCUT2D eigenvalue weighted by Crippen LogP contribution is 2.43. The summed E-state index contributed by atoms with van der Waals surface area (Å²) in [4.78, 5) is 10.6. The van der Waals surface area contributed by atoms with E-state index in [9.17, 15) is 4.89 Å². The molecule has 3 aromatic carbocycles. The van der Waals surface area contributed by atoms with Crippen molar-refractivity contribution in [3.63, 3.8) is 0 Å². The Morgan fingerprint density at radius 2 is 1.33 bits per heavy atom. The molecular formula is C26H31O3P. The molecule has 0 saturated carbocycles. The summed E-state index contributed by atoms with van der Waals surface area (Å²) in [7, 11) is -2.12. The number of hydrogen-bond donors (Lipinski definition) is 1. The van der Waals surface area contributed by atoms with Crippen LogP contribution in [0.1, 0.15) is 52.7 Å². The molecule has 3 aromatic rings. The van der Waals surface area contributed by atoms with E-state index in [-0.39, 0.29) is 10.8 Å². The van der Waals surface area contributed by atoms with Crippen molar-refractivity contribution in [3.8, 4) is 22.6 Å². The van der Waals surface area contributed by atoms with Crippen LogP contribution in [0, 0.1) is 0 Å². The first-order valence-electron chi connectivity index (χ1n) is 10.2. The van der Waals surface area contributed by atoms with Gasteiger partial charge in [0.15, 0.2) is 0 Å². The van der Waals surface area contributed by atoms with Gasteiger partial charge in [0.25, 0.3) is 0 Å². The fourth-order valence-electron chi connectivity index (χ4n) is 3.22. The zero-order valence-corrected chi connectivity index (χ0v) is 19.5. The van der Waals surface area contributed by atoms with Gasteiger partial charge in [-0.3, -0.25) is 0 Å². The first-order chi connectivity index (χ1) is 14.0. The third-order valence-electron chi connectivity index (χ3n) is 4.95. The first-order valence-corrected chi connectivity index (χ1v) is 11.3. The average Bonchev–Trinajstić information content (AvgIpc) is 2.67. The molecule has 3 rings (SSSR count). The molecule has 0 amide bonds. The molecule has 4 heteroatoms. The van der Waals surface area contributed by atoms with E-state index in [2.05, 4.69) is 53.7 Å². The van der Waals surface area contributed by atoms with Crippen LogP contribution in [0.5, 0.6) is 11.5 Å². The minimum Gasteiger partial charge on any atom is -0.418 e. The van der Waals surface area contributed by atoms with Crippen LogP contribution >= 0.6 is 8.60 Å². The lowest BCUT2D eigenvalue weighted by molar-refractivity contribution is 0.376. The summed E-state index contributed by atoms with van der Waals surface area (Å²) >= 11 is 0. The Morgan fingerprint density at radius 1 is 0.667 bits per heavy atom. The molecule has 30 heavy (non-hydrogen) atoms. The Morgan fingerprint density at radius 3 is 1.97 bits per heavy atom. The van der Waals surface area contributed by atoms with Gasteiger partial charge >= 0.3 is 8.60 Å². The van der Waals surface area contributed by atoms with Gasteiger partial charge < -0.3 is 13.9 Å². The van der Waals surface area contributed by atoms with Gasteiger partial charge in [-0.25, -0.2) is 0 Å². The minimum atomic E-state index is -2.12. The lowest BCUT2D eigenvalue weighted by atomic mass is 9.80. The monoisotopic (exact) mass is 422 g/mol. The summed E-state index contributed by atoms with van der Waals surface area (Å²) in [6, 6.07) is 23.9. The zero-order chi connectivity index (χ0) is 21.9. The first kappa shape index (κ1) is 22.3. The van der Waals surface area contributed by atoms with Crippen molar-refractivity contribution in [2.24, 2.45) is 0 Å². The van der Waals surface area contributed by atoms with E-state index in [1.165, 1.54) is 5.56 Å². The quantitative estimate of drug-likeness (QED) is 0.430. The molecule has 0 aromatic heterocycles. The van der Waals surface area contributed by atoms with Crippen LogP contribution in [0.2, 0.25) is 0 Å². The summed E-state index contributed by atoms with van der Waals surface area (Å²) in [5.41, 5.74) is 4.33. The van der Waals surface area contributed by atoms with E-state index in [0.29, 0.717) is 11.5 Å². The van der Waals surface area contributed by atoms with Crippen LogP contribution < -0.4 is 9.05 Å². The molecule has 0 heterocycles. The van der Waals surface area contributed by atoms with Crippen molar-refractivity contribution in [2.45, 2.75) is 52.4 Å². The summed E-state index contributed by atoms with van der Waals surface area (Å²) in [6.45, 7) is 13.0. The number of benzene rings is 3. The maximum Gasteiger partial charge on any atom is 0.460 e. The van der Waals surface area contributed by atoms with Gasteiger partial charge in [0, 0.05) is 5.56 Å². The highest BCUT2D eigenvalue weighted by atomic mass is 31.2. The molecular weight excluding hydrogens is 391 g/mol. The maximum absolute atomic E-state index is 10.6. The molecule has 0 fully saturated rings. The van der Waals surface area contributed by atoms with E-state index in [1.807, 2.05) is 60.7 Å². The van der Waals surface area contributed by atoms with Gasteiger partial charge in [0.2, 0.25) is 0 Å². The standard InChI is InChI=1S/C26H31O3P/c1-25(2,3)21-15-16-24(23(18-21)26(4,5)6)29-30(27)28-22-14-10-13-20(17-22)19-11-8-7-9-12-19/h7-18,27H,1-6H3. The van der Waals surface area contributed by atoms with Crippen LogP contribution in [-0.4, -0.2) is 4.89 Å². The Hall–Kier alpha value is -2.35. The van der Waals surface area contributed by atoms with Crippen molar-refractivity contribution in [1.82, 2.24) is 0 Å². The van der Waals surface area contributed by atoms with Crippen molar-refractivity contribution < 1.29 is 13.9 Å². The lowest BCUT2D eigenvalue weighted by Gasteiger charge is -2.27. The molecule has 0 aliphatic carbocycles. The molecule has 0 radical (unpaired) electrons. The summed E-state index contributed by atoms with van der Waals surface area (Å²) in [5, 5.41) is 0. The molecule has 1 N–H and O–H groups in total. The fraction of sp³-hybridized carbons (Fsp3) is 0.308. The Balaban J connectivity index is 1.80. The van der Waals surface area contributed by atoms with Gasteiger partial charge in [-0.1, -0.05) is 96.1 Å². The summed E-state index contributed by atoms with van der Waals surface area (Å²) < 4.78 is 11.6.